The number of alkyl halides is 3. The Bertz CT molecular complexity index is 372. The van der Waals surface area contributed by atoms with Gasteiger partial charge in [0, 0.05) is 6.54 Å². The highest BCUT2D eigenvalue weighted by Gasteiger charge is 2.58. The van der Waals surface area contributed by atoms with Gasteiger partial charge in [0.05, 0.1) is 6.54 Å². The molecule has 0 aliphatic rings. The van der Waals surface area contributed by atoms with Crippen molar-refractivity contribution in [2.45, 2.75) is 25.6 Å². The van der Waals surface area contributed by atoms with Crippen LogP contribution in [0, 0.1) is 0 Å². The van der Waals surface area contributed by atoms with E-state index in [0.717, 1.165) is 0 Å². The van der Waals surface area contributed by atoms with E-state index in [9.17, 15) is 27.6 Å². The first-order valence-electron chi connectivity index (χ1n) is 5.17. The van der Waals surface area contributed by atoms with Gasteiger partial charge < -0.3 is 21.1 Å². The van der Waals surface area contributed by atoms with Crippen molar-refractivity contribution in [1.29, 1.82) is 0 Å². The number of likely N-dealkylation sites (N-methyl/N-ethyl adjacent to an activating group) is 1. The molecule has 0 spiro atoms. The quantitative estimate of drug-likeness (QED) is 0.562. The van der Waals surface area contributed by atoms with Gasteiger partial charge in [-0.25, -0.2) is 9.59 Å². The third kappa shape index (κ3) is 4.64. The van der Waals surface area contributed by atoms with Gasteiger partial charge >= 0.3 is 18.2 Å². The van der Waals surface area contributed by atoms with Crippen LogP contribution in [0.2, 0.25) is 0 Å². The fraction of sp³-hybridized carbons (Fsp3) is 0.667. The van der Waals surface area contributed by atoms with Gasteiger partial charge in [0.1, 0.15) is 0 Å². The van der Waals surface area contributed by atoms with E-state index >= 15 is 0 Å². The van der Waals surface area contributed by atoms with Crippen LogP contribution < -0.4 is 16.0 Å². The lowest BCUT2D eigenvalue weighted by atomic mass is 10.0. The number of carboxylic acids is 1. The number of urea groups is 1. The summed E-state index contributed by atoms with van der Waals surface area (Å²) in [7, 11) is 0. The van der Waals surface area contributed by atoms with Gasteiger partial charge in [-0.3, -0.25) is 4.79 Å². The summed E-state index contributed by atoms with van der Waals surface area (Å²) < 4.78 is 37.6. The Morgan fingerprint density at radius 1 is 1.16 bits per heavy atom. The van der Waals surface area contributed by atoms with Gasteiger partial charge in [0.25, 0.3) is 0 Å². The van der Waals surface area contributed by atoms with Crippen molar-refractivity contribution in [3.8, 4) is 0 Å². The predicted molar refractivity (Wildman–Crippen MR) is 57.3 cm³/mol. The zero-order valence-corrected chi connectivity index (χ0v) is 10.2. The molecule has 1 atom stereocenters. The summed E-state index contributed by atoms with van der Waals surface area (Å²) in [6.45, 7) is 1.65. The number of nitrogens with one attached hydrogen (secondary N) is 3. The van der Waals surface area contributed by atoms with Crippen molar-refractivity contribution in [1.82, 2.24) is 16.0 Å². The van der Waals surface area contributed by atoms with Crippen LogP contribution in [0.25, 0.3) is 0 Å². The minimum Gasteiger partial charge on any atom is -0.479 e. The Balaban J connectivity index is 4.60. The Kier molecular flexibility index (Phi) is 5.59. The van der Waals surface area contributed by atoms with E-state index in [4.69, 9.17) is 5.11 Å². The molecule has 0 bridgehead atoms. The van der Waals surface area contributed by atoms with E-state index in [0.29, 0.717) is 6.92 Å². The van der Waals surface area contributed by atoms with E-state index in [2.05, 4.69) is 5.32 Å². The smallest absolute Gasteiger partial charge is 0.422 e. The molecule has 3 amide bonds. The Labute approximate surface area is 106 Å². The van der Waals surface area contributed by atoms with E-state index in [1.165, 1.54) is 5.32 Å². The first-order valence-corrected chi connectivity index (χ1v) is 5.17. The van der Waals surface area contributed by atoms with Crippen molar-refractivity contribution in [2.24, 2.45) is 0 Å². The van der Waals surface area contributed by atoms with Crippen LogP contribution in [0.3, 0.4) is 0 Å². The van der Waals surface area contributed by atoms with Gasteiger partial charge in [0.2, 0.25) is 11.4 Å². The Morgan fingerprint density at radius 2 is 1.68 bits per heavy atom. The standard InChI is InChI=1S/C9H14F3N3O4/c1-3-13-5(16)4-14-7(19)15-8(2,6(17)18)9(10,11)12/h3-4H2,1-2H3,(H,13,16)(H,17,18)(H2,14,15,19). The molecule has 0 saturated carbocycles. The molecule has 110 valence electrons. The number of halogens is 3. The van der Waals surface area contributed by atoms with Gasteiger partial charge in [-0.2, -0.15) is 13.2 Å². The molecule has 0 aromatic heterocycles. The topological polar surface area (TPSA) is 108 Å². The number of aliphatic carboxylic acids is 1. The van der Waals surface area contributed by atoms with Crippen LogP contribution in [0.15, 0.2) is 0 Å². The van der Waals surface area contributed by atoms with Crippen LogP contribution >= 0.6 is 0 Å². The fourth-order valence-corrected chi connectivity index (χ4v) is 0.937. The molecule has 0 aliphatic carbocycles. The summed E-state index contributed by atoms with van der Waals surface area (Å²) in [6, 6.07) is -1.41. The summed E-state index contributed by atoms with van der Waals surface area (Å²) in [5.41, 5.74) is -3.43. The molecular formula is C9H14F3N3O4. The number of carbonyl (C=O) groups excluding carboxylic acids is 2. The van der Waals surface area contributed by atoms with E-state index in [1.54, 1.807) is 6.92 Å². The maximum atomic E-state index is 12.5. The normalized spacial score (nSPS) is 14.2. The zero-order valence-electron chi connectivity index (χ0n) is 10.2. The summed E-state index contributed by atoms with van der Waals surface area (Å²) in [6.07, 6.45) is -5.18. The molecule has 10 heteroatoms. The summed E-state index contributed by atoms with van der Waals surface area (Å²) in [5.74, 6) is -2.87. The summed E-state index contributed by atoms with van der Waals surface area (Å²) >= 11 is 0. The zero-order chi connectivity index (χ0) is 15.3. The van der Waals surface area contributed by atoms with Crippen LogP contribution in [0.5, 0.6) is 0 Å². The lowest BCUT2D eigenvalue weighted by Crippen LogP contribution is -2.64. The number of hydrogen-bond acceptors (Lipinski definition) is 3. The van der Waals surface area contributed by atoms with E-state index in [-0.39, 0.29) is 6.54 Å². The van der Waals surface area contributed by atoms with Crippen molar-refractivity contribution in [3.05, 3.63) is 0 Å². The largest absolute Gasteiger partial charge is 0.479 e. The second kappa shape index (κ2) is 6.25. The number of rotatable bonds is 5. The van der Waals surface area contributed by atoms with Gasteiger partial charge in [0.15, 0.2) is 0 Å². The fourth-order valence-electron chi connectivity index (χ4n) is 0.937. The molecule has 0 fully saturated rings. The lowest BCUT2D eigenvalue weighted by molar-refractivity contribution is -0.203. The lowest BCUT2D eigenvalue weighted by Gasteiger charge is -2.28. The van der Waals surface area contributed by atoms with Crippen LogP contribution in [-0.4, -0.2) is 47.8 Å². The highest BCUT2D eigenvalue weighted by atomic mass is 19.4. The predicted octanol–water partition coefficient (Wildman–Crippen LogP) is -0.173. The number of carboxylic acid groups (broad SMARTS) is 1. The summed E-state index contributed by atoms with van der Waals surface area (Å²) in [4.78, 5) is 32.7. The molecule has 0 radical (unpaired) electrons. The highest BCUT2D eigenvalue weighted by Crippen LogP contribution is 2.30. The molecule has 0 aliphatic heterocycles. The molecule has 0 saturated heterocycles. The molecule has 7 nitrogen and oxygen atoms in total. The molecule has 0 aromatic carbocycles. The van der Waals surface area contributed by atoms with E-state index in [1.807, 2.05) is 5.32 Å². The van der Waals surface area contributed by atoms with Crippen LogP contribution in [0.4, 0.5) is 18.0 Å². The number of amides is 3. The second-order valence-electron chi connectivity index (χ2n) is 3.69. The maximum absolute atomic E-state index is 12.5. The van der Waals surface area contributed by atoms with Crippen molar-refractivity contribution in [2.75, 3.05) is 13.1 Å². The number of hydrogen-bond donors (Lipinski definition) is 4. The molecule has 0 rings (SSSR count). The minimum absolute atomic E-state index is 0.289. The van der Waals surface area contributed by atoms with Gasteiger partial charge in [-0.05, 0) is 13.8 Å². The minimum atomic E-state index is -5.18. The first kappa shape index (κ1) is 17.0. The number of carbonyl (C=O) groups is 3. The Hall–Kier alpha value is -2.00. The molecule has 0 aromatic rings. The molecular weight excluding hydrogens is 271 g/mol. The third-order valence-electron chi connectivity index (χ3n) is 2.14. The molecule has 0 heterocycles. The van der Waals surface area contributed by atoms with Crippen molar-refractivity contribution in [3.63, 3.8) is 0 Å². The molecule has 19 heavy (non-hydrogen) atoms. The SMILES string of the molecule is CCNC(=O)CNC(=O)NC(C)(C(=O)O)C(F)(F)F. The third-order valence-corrected chi connectivity index (χ3v) is 2.14. The average molecular weight is 285 g/mol. The highest BCUT2D eigenvalue weighted by molar-refractivity contribution is 5.89. The van der Waals surface area contributed by atoms with Gasteiger partial charge in [-0.1, -0.05) is 0 Å². The Morgan fingerprint density at radius 3 is 2.05 bits per heavy atom. The maximum Gasteiger partial charge on any atom is 0.422 e. The van der Waals surface area contributed by atoms with Crippen LogP contribution in [-0.2, 0) is 9.59 Å². The van der Waals surface area contributed by atoms with Crippen molar-refractivity contribution >= 4 is 17.9 Å². The van der Waals surface area contributed by atoms with Crippen molar-refractivity contribution < 1.29 is 32.7 Å². The average Bonchev–Trinajstić information content (AvgIpc) is 2.24. The van der Waals surface area contributed by atoms with E-state index < -0.39 is 36.2 Å². The van der Waals surface area contributed by atoms with Crippen LogP contribution in [0.1, 0.15) is 13.8 Å². The molecule has 1 unspecified atom stereocenters. The molecule has 4 N–H and O–H groups in total. The monoisotopic (exact) mass is 285 g/mol. The second-order valence-corrected chi connectivity index (χ2v) is 3.69. The summed E-state index contributed by atoms with van der Waals surface area (Å²) in [5, 5.41) is 13.9. The van der Waals surface area contributed by atoms with Gasteiger partial charge in [-0.15, -0.1) is 0 Å². The first-order chi connectivity index (χ1) is 8.54.